The van der Waals surface area contributed by atoms with Crippen molar-refractivity contribution >= 4 is 66.9 Å². The highest BCUT2D eigenvalue weighted by molar-refractivity contribution is 8.94. The van der Waals surface area contributed by atoms with Crippen molar-refractivity contribution in [3.63, 3.8) is 0 Å². The van der Waals surface area contributed by atoms with E-state index in [-0.39, 0.29) is 32.4 Å². The van der Waals surface area contributed by atoms with Gasteiger partial charge in [-0.1, -0.05) is 29.6 Å². The van der Waals surface area contributed by atoms with Crippen molar-refractivity contribution in [3.05, 3.63) is 0 Å². The lowest BCUT2D eigenvalue weighted by molar-refractivity contribution is -0.158. The average Bonchev–Trinajstić information content (AvgIpc) is 2.71. The smallest absolute Gasteiger partial charge is 0.462 e. The van der Waals surface area contributed by atoms with Crippen LogP contribution >= 0.6 is 37.5 Å². The van der Waals surface area contributed by atoms with Crippen LogP contribution in [-0.2, 0) is 47.1 Å². The van der Waals surface area contributed by atoms with Crippen molar-refractivity contribution in [1.82, 2.24) is 5.32 Å². The van der Waals surface area contributed by atoms with Gasteiger partial charge in [0.25, 0.3) is 0 Å². The van der Waals surface area contributed by atoms with Crippen LogP contribution in [0.4, 0.5) is 0 Å². The van der Waals surface area contributed by atoms with E-state index in [0.717, 1.165) is 13.8 Å². The van der Waals surface area contributed by atoms with E-state index in [1.54, 1.807) is 0 Å². The molecule has 12 nitrogen and oxygen atoms in total. The Balaban J connectivity index is 4.17. The van der Waals surface area contributed by atoms with Gasteiger partial charge in [-0.25, -0.2) is 4.57 Å². The first kappa shape index (κ1) is 31.0. The second-order valence-corrected chi connectivity index (χ2v) is 11.3. The Morgan fingerprint density at radius 1 is 1.00 bits per heavy atom. The van der Waals surface area contributed by atoms with Gasteiger partial charge in [-0.15, -0.1) is 0 Å². The van der Waals surface area contributed by atoms with Gasteiger partial charge < -0.3 is 19.7 Å². The number of esters is 2. The number of carbonyl (C=O) groups excluding carboxylic acids is 5. The summed E-state index contributed by atoms with van der Waals surface area (Å²) in [7, 11) is 0.701. The first-order chi connectivity index (χ1) is 15.0. The standard InChI is InChI=1S/C16H27NO11P2S2/c1-11(18)25-9-13(28-12(2)19)10-27-30(23,24)26-7-6-17-16(22)4-3-14(20)15(21)5-8-31-32-29/h13H,3-10,29H2,1-2H3,(H,17,22)(H,23,24). The minimum atomic E-state index is -4.54. The maximum Gasteiger partial charge on any atom is 0.472 e. The van der Waals surface area contributed by atoms with Crippen molar-refractivity contribution in [2.45, 2.75) is 39.2 Å². The molecule has 0 aliphatic carbocycles. The van der Waals surface area contributed by atoms with Crippen molar-refractivity contribution < 1.29 is 52.0 Å². The number of ether oxygens (including phenoxy) is 2. The lowest BCUT2D eigenvalue weighted by atomic mass is 10.1. The number of amides is 1. The van der Waals surface area contributed by atoms with Crippen LogP contribution in [0.25, 0.3) is 0 Å². The molecule has 0 aromatic rings. The van der Waals surface area contributed by atoms with Gasteiger partial charge in [0, 0.05) is 45.4 Å². The van der Waals surface area contributed by atoms with E-state index >= 15 is 0 Å². The van der Waals surface area contributed by atoms with Gasteiger partial charge in [0.15, 0.2) is 17.7 Å². The minimum Gasteiger partial charge on any atom is -0.462 e. The molecule has 0 aromatic carbocycles. The quantitative estimate of drug-likeness (QED) is 0.0844. The molecule has 0 aliphatic heterocycles. The van der Waals surface area contributed by atoms with Crippen molar-refractivity contribution in [1.29, 1.82) is 0 Å². The molecular weight excluding hydrogens is 508 g/mol. The van der Waals surface area contributed by atoms with Crippen LogP contribution in [0.3, 0.4) is 0 Å². The number of phosphoric ester groups is 1. The molecule has 0 bridgehead atoms. The van der Waals surface area contributed by atoms with Gasteiger partial charge in [-0.2, -0.15) is 0 Å². The first-order valence-corrected chi connectivity index (χ1v) is 14.5. The molecule has 0 fully saturated rings. The largest absolute Gasteiger partial charge is 0.472 e. The molecule has 1 amide bonds. The van der Waals surface area contributed by atoms with Crippen LogP contribution in [0.1, 0.15) is 33.1 Å². The van der Waals surface area contributed by atoms with Crippen LogP contribution in [0.2, 0.25) is 0 Å². The summed E-state index contributed by atoms with van der Waals surface area (Å²) in [6.45, 7) is 0.750. The zero-order valence-electron chi connectivity index (χ0n) is 17.6. The fourth-order valence-electron chi connectivity index (χ4n) is 1.90. The van der Waals surface area contributed by atoms with Gasteiger partial charge in [0.05, 0.1) is 13.2 Å². The summed E-state index contributed by atoms with van der Waals surface area (Å²) in [5.74, 6) is -2.55. The van der Waals surface area contributed by atoms with E-state index in [2.05, 4.69) is 23.0 Å². The predicted octanol–water partition coefficient (Wildman–Crippen LogP) is 1.21. The number of hydrogen-bond acceptors (Lipinski definition) is 12. The highest BCUT2D eigenvalue weighted by Crippen LogP contribution is 2.43. The number of hydrogen-bond donors (Lipinski definition) is 2. The molecule has 2 N–H and O–H groups in total. The molecule has 0 saturated heterocycles. The van der Waals surface area contributed by atoms with Crippen LogP contribution < -0.4 is 5.32 Å². The third kappa shape index (κ3) is 17.5. The molecular formula is C16H27NO11P2S2. The van der Waals surface area contributed by atoms with Crippen LogP contribution in [0.15, 0.2) is 0 Å². The summed E-state index contributed by atoms with van der Waals surface area (Å²) >= 11 is 0. The second kappa shape index (κ2) is 17.5. The molecule has 0 radical (unpaired) electrons. The summed E-state index contributed by atoms with van der Waals surface area (Å²) < 4.78 is 30.7. The molecule has 0 rings (SSSR count). The Bertz CT molecular complexity index is 707. The lowest BCUT2D eigenvalue weighted by Crippen LogP contribution is -2.29. The lowest BCUT2D eigenvalue weighted by Gasteiger charge is -2.18. The highest BCUT2D eigenvalue weighted by atomic mass is 33.3. The zero-order valence-corrected chi connectivity index (χ0v) is 21.3. The van der Waals surface area contributed by atoms with E-state index in [1.165, 1.54) is 21.2 Å². The van der Waals surface area contributed by atoms with Gasteiger partial charge >= 0.3 is 19.8 Å². The fourth-order valence-corrected chi connectivity index (χ4v) is 4.42. The number of phosphoric acid groups is 1. The molecule has 3 unspecified atom stereocenters. The topological polar surface area (TPSA) is 172 Å². The van der Waals surface area contributed by atoms with E-state index in [9.17, 15) is 33.4 Å². The predicted molar refractivity (Wildman–Crippen MR) is 121 cm³/mol. The van der Waals surface area contributed by atoms with Crippen molar-refractivity contribution in [2.24, 2.45) is 0 Å². The van der Waals surface area contributed by atoms with Gasteiger partial charge in [-0.05, 0) is 0 Å². The van der Waals surface area contributed by atoms with Crippen molar-refractivity contribution in [3.8, 4) is 0 Å². The molecule has 0 saturated carbocycles. The monoisotopic (exact) mass is 535 g/mol. The number of nitrogens with one attached hydrogen (secondary N) is 1. The maximum absolute atomic E-state index is 11.8. The van der Waals surface area contributed by atoms with E-state index in [0.29, 0.717) is 5.75 Å². The first-order valence-electron chi connectivity index (χ1n) is 9.20. The number of ketones is 2. The van der Waals surface area contributed by atoms with Gasteiger partial charge in [-0.3, -0.25) is 33.0 Å². The zero-order chi connectivity index (χ0) is 24.6. The van der Waals surface area contributed by atoms with E-state index in [1.807, 2.05) is 0 Å². The van der Waals surface area contributed by atoms with E-state index < -0.39 is 56.6 Å². The Kier molecular flexibility index (Phi) is 16.9. The summed E-state index contributed by atoms with van der Waals surface area (Å²) in [6, 6.07) is 0. The van der Waals surface area contributed by atoms with Gasteiger partial charge in [0.1, 0.15) is 6.61 Å². The molecule has 0 aliphatic rings. The number of Topliss-reactive ketones (excluding diaryl/α,β-unsaturated/α-hetero) is 2. The normalized spacial score (nSPS) is 13.5. The summed E-state index contributed by atoms with van der Waals surface area (Å²) in [5.41, 5.74) is 0. The molecule has 3 atom stereocenters. The van der Waals surface area contributed by atoms with E-state index in [4.69, 9.17) is 9.26 Å². The molecule has 16 heteroatoms. The molecule has 0 spiro atoms. The van der Waals surface area contributed by atoms with Crippen LogP contribution in [0, 0.1) is 0 Å². The highest BCUT2D eigenvalue weighted by Gasteiger charge is 2.25. The summed E-state index contributed by atoms with van der Waals surface area (Å²) in [5, 5.41) is 2.37. The fraction of sp³-hybridized carbons (Fsp3) is 0.688. The van der Waals surface area contributed by atoms with Crippen LogP contribution in [-0.4, -0.2) is 72.5 Å². The number of rotatable bonds is 18. The Morgan fingerprint density at radius 2 is 1.66 bits per heavy atom. The third-order valence-corrected chi connectivity index (χ3v) is 6.90. The van der Waals surface area contributed by atoms with Gasteiger partial charge in [0.2, 0.25) is 5.91 Å². The minimum absolute atomic E-state index is 0.103. The van der Waals surface area contributed by atoms with Crippen LogP contribution in [0.5, 0.6) is 0 Å². The molecule has 0 aromatic heterocycles. The molecule has 0 heterocycles. The Hall–Kier alpha value is -1.01. The molecule has 32 heavy (non-hydrogen) atoms. The third-order valence-electron chi connectivity index (χ3n) is 3.28. The average molecular weight is 535 g/mol. The summed E-state index contributed by atoms with van der Waals surface area (Å²) in [4.78, 5) is 66.4. The SMILES string of the molecule is CC(=O)OCC(COP(=O)(O)OCCNC(=O)CCC(=O)C(=O)CCSSP)OC(C)=O. The Labute approximate surface area is 195 Å². The molecule has 184 valence electrons. The Morgan fingerprint density at radius 3 is 2.25 bits per heavy atom. The second-order valence-electron chi connectivity index (χ2n) is 6.00. The maximum atomic E-state index is 11.8. The van der Waals surface area contributed by atoms with Crippen molar-refractivity contribution in [2.75, 3.05) is 32.1 Å². The number of carbonyl (C=O) groups is 5. The summed E-state index contributed by atoms with van der Waals surface area (Å²) in [6.07, 6.45) is -1.45.